The van der Waals surface area contributed by atoms with E-state index in [2.05, 4.69) is 26.8 Å². The van der Waals surface area contributed by atoms with Crippen LogP contribution >= 0.6 is 0 Å². The van der Waals surface area contributed by atoms with Gasteiger partial charge in [-0.3, -0.25) is 9.78 Å². The Bertz CT molecular complexity index is 961. The molecule has 1 amide bonds. The van der Waals surface area contributed by atoms with Gasteiger partial charge in [-0.05, 0) is 43.3 Å². The molecule has 0 saturated carbocycles. The number of methoxy groups -OCH3 is 1. The first-order valence-electron chi connectivity index (χ1n) is 9.59. The Kier molecular flexibility index (Phi) is 5.37. The second-order valence-corrected chi connectivity index (χ2v) is 7.00. The first kappa shape index (κ1) is 18.9. The molecule has 148 valence electrons. The Morgan fingerprint density at radius 1 is 1.03 bits per heavy atom. The van der Waals surface area contributed by atoms with Crippen LogP contribution in [0.5, 0.6) is 5.75 Å². The molecule has 3 heterocycles. The van der Waals surface area contributed by atoms with Crippen molar-refractivity contribution in [3.8, 4) is 17.3 Å². The van der Waals surface area contributed by atoms with Gasteiger partial charge < -0.3 is 14.5 Å². The van der Waals surface area contributed by atoms with Crippen LogP contribution in [0.2, 0.25) is 0 Å². The van der Waals surface area contributed by atoms with E-state index in [1.54, 1.807) is 25.7 Å². The highest BCUT2D eigenvalue weighted by Gasteiger charge is 2.28. The van der Waals surface area contributed by atoms with E-state index in [0.717, 1.165) is 24.5 Å². The van der Waals surface area contributed by atoms with Gasteiger partial charge in [-0.15, -0.1) is 0 Å². The van der Waals surface area contributed by atoms with Crippen LogP contribution in [0.3, 0.4) is 0 Å². The van der Waals surface area contributed by atoms with Gasteiger partial charge in [-0.1, -0.05) is 6.07 Å². The molecule has 1 aliphatic heterocycles. The van der Waals surface area contributed by atoms with E-state index in [-0.39, 0.29) is 11.9 Å². The molecule has 7 heteroatoms. The highest BCUT2D eigenvalue weighted by Crippen LogP contribution is 2.23. The third-order valence-corrected chi connectivity index (χ3v) is 5.12. The van der Waals surface area contributed by atoms with E-state index in [1.807, 2.05) is 47.4 Å². The lowest BCUT2D eigenvalue weighted by atomic mass is 10.1. The molecule has 0 aliphatic carbocycles. The Morgan fingerprint density at radius 2 is 1.79 bits per heavy atom. The van der Waals surface area contributed by atoms with Crippen molar-refractivity contribution in [3.05, 3.63) is 66.6 Å². The van der Waals surface area contributed by atoms with E-state index in [9.17, 15) is 4.79 Å². The zero-order chi connectivity index (χ0) is 20.2. The van der Waals surface area contributed by atoms with Crippen molar-refractivity contribution in [2.45, 2.75) is 13.0 Å². The van der Waals surface area contributed by atoms with Crippen molar-refractivity contribution < 1.29 is 9.53 Å². The third kappa shape index (κ3) is 4.03. The number of piperazine rings is 1. The van der Waals surface area contributed by atoms with Crippen LogP contribution < -0.4 is 9.64 Å². The maximum absolute atomic E-state index is 13.0. The van der Waals surface area contributed by atoms with Crippen LogP contribution in [-0.2, 0) is 0 Å². The van der Waals surface area contributed by atoms with Crippen molar-refractivity contribution in [3.63, 3.8) is 0 Å². The fraction of sp³-hybridized carbons (Fsp3) is 0.273. The van der Waals surface area contributed by atoms with Crippen LogP contribution in [0.15, 0.2) is 61.1 Å². The number of amides is 1. The first-order valence-corrected chi connectivity index (χ1v) is 9.59. The summed E-state index contributed by atoms with van der Waals surface area (Å²) in [6.45, 7) is 4.25. The molecule has 0 N–H and O–H groups in total. The molecule has 1 atom stereocenters. The molecule has 1 saturated heterocycles. The van der Waals surface area contributed by atoms with Gasteiger partial charge in [-0.2, -0.15) is 0 Å². The van der Waals surface area contributed by atoms with Gasteiger partial charge >= 0.3 is 0 Å². The highest BCUT2D eigenvalue weighted by molar-refractivity contribution is 5.94. The molecule has 0 unspecified atom stereocenters. The van der Waals surface area contributed by atoms with Gasteiger partial charge in [0.15, 0.2) is 5.82 Å². The lowest BCUT2D eigenvalue weighted by Gasteiger charge is -2.41. The minimum absolute atomic E-state index is 0.0422. The van der Waals surface area contributed by atoms with Crippen molar-refractivity contribution in [1.82, 2.24) is 19.9 Å². The fourth-order valence-electron chi connectivity index (χ4n) is 3.52. The number of ether oxygens (including phenoxy) is 1. The van der Waals surface area contributed by atoms with Gasteiger partial charge in [0.25, 0.3) is 5.91 Å². The monoisotopic (exact) mass is 389 g/mol. The number of rotatable bonds is 4. The molecule has 1 aliphatic rings. The molecule has 0 bridgehead atoms. The highest BCUT2D eigenvalue weighted by atomic mass is 16.5. The van der Waals surface area contributed by atoms with Crippen molar-refractivity contribution in [1.29, 1.82) is 0 Å². The van der Waals surface area contributed by atoms with Gasteiger partial charge in [0.05, 0.1) is 12.7 Å². The zero-order valence-corrected chi connectivity index (χ0v) is 16.5. The van der Waals surface area contributed by atoms with E-state index in [4.69, 9.17) is 4.74 Å². The standard InChI is InChI=1S/C22H23N5O2/c1-16-15-26(18-6-8-19(29-2)9-7-18)11-12-27(16)22(28)17-13-24-21(25-14-17)20-5-3-4-10-23-20/h3-10,13-14,16H,11-12,15H2,1-2H3/t16-/m0/s1. The van der Waals surface area contributed by atoms with Crippen LogP contribution in [-0.4, -0.2) is 58.5 Å². The summed E-state index contributed by atoms with van der Waals surface area (Å²) in [5, 5.41) is 0. The summed E-state index contributed by atoms with van der Waals surface area (Å²) in [5.41, 5.74) is 2.31. The molecule has 0 spiro atoms. The molecular formula is C22H23N5O2. The molecule has 3 aromatic rings. The van der Waals surface area contributed by atoms with E-state index >= 15 is 0 Å². The largest absolute Gasteiger partial charge is 0.497 e. The summed E-state index contributed by atoms with van der Waals surface area (Å²) in [5.74, 6) is 1.31. The molecule has 1 fully saturated rings. The molecule has 0 radical (unpaired) electrons. The predicted octanol–water partition coefficient (Wildman–Crippen LogP) is 2.90. The smallest absolute Gasteiger partial charge is 0.257 e. The molecule has 29 heavy (non-hydrogen) atoms. The number of hydrogen-bond donors (Lipinski definition) is 0. The number of aromatic nitrogens is 3. The summed E-state index contributed by atoms with van der Waals surface area (Å²) in [6, 6.07) is 13.7. The van der Waals surface area contributed by atoms with Crippen LogP contribution in [0.4, 0.5) is 5.69 Å². The third-order valence-electron chi connectivity index (χ3n) is 5.12. The van der Waals surface area contributed by atoms with E-state index < -0.39 is 0 Å². The van der Waals surface area contributed by atoms with Crippen molar-refractivity contribution in [2.75, 3.05) is 31.6 Å². The minimum atomic E-state index is -0.0422. The normalized spacial score (nSPS) is 16.6. The Balaban J connectivity index is 1.43. The van der Waals surface area contributed by atoms with Gasteiger partial charge in [-0.25, -0.2) is 9.97 Å². The number of nitrogens with zero attached hydrogens (tertiary/aromatic N) is 5. The second-order valence-electron chi connectivity index (χ2n) is 7.00. The van der Waals surface area contributed by atoms with Crippen LogP contribution in [0.1, 0.15) is 17.3 Å². The number of benzene rings is 1. The lowest BCUT2D eigenvalue weighted by Crippen LogP contribution is -2.54. The number of anilines is 1. The maximum atomic E-state index is 13.0. The second kappa shape index (κ2) is 8.26. The SMILES string of the molecule is COc1ccc(N2CCN(C(=O)c3cnc(-c4ccccn4)nc3)[C@@H](C)C2)cc1. The number of carbonyl (C=O) groups excluding carboxylic acids is 1. The summed E-state index contributed by atoms with van der Waals surface area (Å²) in [7, 11) is 1.66. The fourth-order valence-corrected chi connectivity index (χ4v) is 3.52. The minimum Gasteiger partial charge on any atom is -0.497 e. The zero-order valence-electron chi connectivity index (χ0n) is 16.5. The average molecular weight is 389 g/mol. The number of carbonyl (C=O) groups is 1. The van der Waals surface area contributed by atoms with Gasteiger partial charge in [0.1, 0.15) is 11.4 Å². The van der Waals surface area contributed by atoms with Gasteiger partial charge in [0.2, 0.25) is 0 Å². The maximum Gasteiger partial charge on any atom is 0.257 e. The van der Waals surface area contributed by atoms with Crippen molar-refractivity contribution >= 4 is 11.6 Å². The molecule has 2 aromatic heterocycles. The summed E-state index contributed by atoms with van der Waals surface area (Å²) >= 11 is 0. The molecule has 4 rings (SSSR count). The van der Waals surface area contributed by atoms with Crippen LogP contribution in [0, 0.1) is 0 Å². The van der Waals surface area contributed by atoms with E-state index in [0.29, 0.717) is 23.6 Å². The molecule has 7 nitrogen and oxygen atoms in total. The van der Waals surface area contributed by atoms with Crippen molar-refractivity contribution in [2.24, 2.45) is 0 Å². The summed E-state index contributed by atoms with van der Waals surface area (Å²) < 4.78 is 5.22. The Hall–Kier alpha value is -3.48. The molecule has 1 aromatic carbocycles. The first-order chi connectivity index (χ1) is 14.2. The lowest BCUT2D eigenvalue weighted by molar-refractivity contribution is 0.0673. The Labute approximate surface area is 170 Å². The predicted molar refractivity (Wildman–Crippen MR) is 111 cm³/mol. The van der Waals surface area contributed by atoms with E-state index in [1.165, 1.54) is 0 Å². The number of pyridine rings is 1. The average Bonchev–Trinajstić information content (AvgIpc) is 2.79. The summed E-state index contributed by atoms with van der Waals surface area (Å²) in [4.78, 5) is 30.0. The van der Waals surface area contributed by atoms with Gasteiger partial charge in [0, 0.05) is 50.0 Å². The quantitative estimate of drug-likeness (QED) is 0.683. The number of hydrogen-bond acceptors (Lipinski definition) is 6. The van der Waals surface area contributed by atoms with Crippen LogP contribution in [0.25, 0.3) is 11.5 Å². The molecular weight excluding hydrogens is 366 g/mol. The Morgan fingerprint density at radius 3 is 2.41 bits per heavy atom. The topological polar surface area (TPSA) is 71.5 Å². The summed E-state index contributed by atoms with van der Waals surface area (Å²) in [6.07, 6.45) is 4.87.